The molecule has 12 N–H and O–H groups in total. The van der Waals surface area contributed by atoms with Crippen LogP contribution in [0.1, 0.15) is 284 Å². The van der Waals surface area contributed by atoms with Crippen molar-refractivity contribution in [2.24, 2.45) is 0 Å². The van der Waals surface area contributed by atoms with E-state index >= 15 is 0 Å². The molecule has 3 saturated heterocycles. The standard InChI is InChI=1S/C92H153NO18/c1-3-5-7-9-11-13-15-17-19-21-23-25-27-29-30-31-32-33-34-35-36-37-38-39-40-41-42-43-44-46-48-50-52-54-56-58-60-62-64-66-68-70-80(98)93-75(76(97)69-67-65-63-61-59-57-55-53-51-49-47-45-28-26-24-22-20-18-16-14-12-10-8-6-4-2)74-106-90-86(104)83(101)88(78(72-95)108-90)111-92-87(105)84(102)89(79(73-96)109-92)110-91-85(103)82(100)81(99)77(71-94)107-91/h5,7,11,13,17,19,23,25,29-30,32-33,35-36,38-39,41-42,44,46,51,53,59,61,67,69,75-79,81-92,94-97,99-105H,3-4,6,8-10,12,14-16,18,20-22,24,26-28,31,34,37,40,43,45,47-50,52,54-58,60,62-66,68,70-74H2,1-2H3,(H,93,98)/b7-5-,13-11-,19-17-,25-23-,30-29-,33-32-,36-35-,39-38-,42-41-,46-44-,53-51+,61-59+,69-67+. The first-order chi connectivity index (χ1) is 54.3. The fraction of sp³-hybridized carbons (Fsp3) is 0.707. The average molecular weight is 1560 g/mol. The Morgan fingerprint density at radius 1 is 0.333 bits per heavy atom. The summed E-state index contributed by atoms with van der Waals surface area (Å²) in [6, 6.07) is -1.01. The molecule has 19 nitrogen and oxygen atoms in total. The molecule has 17 atom stereocenters. The number of ether oxygens (including phenoxy) is 6. The van der Waals surface area contributed by atoms with Gasteiger partial charge in [0.2, 0.25) is 5.91 Å². The molecule has 3 aliphatic rings. The highest BCUT2D eigenvalue weighted by Gasteiger charge is 2.54. The van der Waals surface area contributed by atoms with Gasteiger partial charge in [0, 0.05) is 6.42 Å². The molecule has 3 heterocycles. The number of allylic oxidation sites excluding steroid dienone is 25. The number of unbranched alkanes of at least 4 members (excludes halogenated alkanes) is 27. The quantitative estimate of drug-likeness (QED) is 0.0199. The number of hydrogen-bond donors (Lipinski definition) is 12. The van der Waals surface area contributed by atoms with Crippen molar-refractivity contribution in [3.05, 3.63) is 158 Å². The Hall–Kier alpha value is -4.59. The Morgan fingerprint density at radius 2 is 0.631 bits per heavy atom. The Balaban J connectivity index is 1.35. The van der Waals surface area contributed by atoms with Crippen LogP contribution in [-0.2, 0) is 33.2 Å². The lowest BCUT2D eigenvalue weighted by Crippen LogP contribution is -2.66. The van der Waals surface area contributed by atoms with Crippen molar-refractivity contribution in [1.82, 2.24) is 5.32 Å². The summed E-state index contributed by atoms with van der Waals surface area (Å²) < 4.78 is 34.4. The van der Waals surface area contributed by atoms with Crippen molar-refractivity contribution in [1.29, 1.82) is 0 Å². The molecule has 0 aromatic carbocycles. The largest absolute Gasteiger partial charge is 0.394 e. The van der Waals surface area contributed by atoms with Crippen LogP contribution >= 0.6 is 0 Å². The Morgan fingerprint density at radius 3 is 1.01 bits per heavy atom. The van der Waals surface area contributed by atoms with Gasteiger partial charge >= 0.3 is 0 Å². The van der Waals surface area contributed by atoms with Crippen LogP contribution < -0.4 is 5.32 Å². The number of rotatable bonds is 67. The second kappa shape index (κ2) is 69.7. The number of carbonyl (C=O) groups is 1. The second-order valence-electron chi connectivity index (χ2n) is 29.9. The summed E-state index contributed by atoms with van der Waals surface area (Å²) in [6.07, 6.45) is 76.6. The summed E-state index contributed by atoms with van der Waals surface area (Å²) in [4.78, 5) is 13.5. The third-order valence-electron chi connectivity index (χ3n) is 20.3. The maximum atomic E-state index is 13.5. The van der Waals surface area contributed by atoms with E-state index in [4.69, 9.17) is 28.4 Å². The van der Waals surface area contributed by atoms with Crippen LogP contribution in [0.5, 0.6) is 0 Å². The van der Waals surface area contributed by atoms with Crippen molar-refractivity contribution >= 4 is 5.91 Å². The van der Waals surface area contributed by atoms with Crippen molar-refractivity contribution in [2.45, 2.75) is 388 Å². The Bertz CT molecular complexity index is 2620. The van der Waals surface area contributed by atoms with E-state index in [-0.39, 0.29) is 18.9 Å². The molecule has 0 aromatic rings. The van der Waals surface area contributed by atoms with Crippen LogP contribution in [0.2, 0.25) is 0 Å². The molecular weight excluding hydrogens is 1410 g/mol. The molecule has 3 fully saturated rings. The third kappa shape index (κ3) is 48.5. The van der Waals surface area contributed by atoms with Crippen LogP contribution in [0.15, 0.2) is 158 Å². The number of aliphatic hydroxyl groups excluding tert-OH is 11. The van der Waals surface area contributed by atoms with E-state index in [1.165, 1.54) is 128 Å². The Labute approximate surface area is 669 Å². The minimum atomic E-state index is -1.99. The van der Waals surface area contributed by atoms with Gasteiger partial charge < -0.3 is 89.9 Å². The smallest absolute Gasteiger partial charge is 0.220 e. The molecule has 0 spiro atoms. The molecule has 1 amide bonds. The molecule has 0 bridgehead atoms. The number of aliphatic hydroxyl groups is 11. The molecule has 0 saturated carbocycles. The summed E-state index contributed by atoms with van der Waals surface area (Å²) in [5, 5.41) is 121. The van der Waals surface area contributed by atoms with E-state index < -0.39 is 124 Å². The van der Waals surface area contributed by atoms with Crippen LogP contribution in [0.25, 0.3) is 0 Å². The second-order valence-corrected chi connectivity index (χ2v) is 29.9. The topological polar surface area (TPSA) is 307 Å². The molecule has 17 unspecified atom stereocenters. The zero-order valence-corrected chi connectivity index (χ0v) is 68.1. The van der Waals surface area contributed by atoms with Crippen molar-refractivity contribution < 1.29 is 89.4 Å². The molecular formula is C92H153NO18. The van der Waals surface area contributed by atoms with Gasteiger partial charge in [-0.2, -0.15) is 0 Å². The van der Waals surface area contributed by atoms with Crippen LogP contribution in [0, 0.1) is 0 Å². The molecule has 3 aliphatic heterocycles. The lowest BCUT2D eigenvalue weighted by Gasteiger charge is -2.48. The average Bonchev–Trinajstić information content (AvgIpc) is 0.780. The van der Waals surface area contributed by atoms with Gasteiger partial charge in [0.1, 0.15) is 73.2 Å². The number of carbonyl (C=O) groups excluding carboxylic acids is 1. The lowest BCUT2D eigenvalue weighted by atomic mass is 9.96. The van der Waals surface area contributed by atoms with Crippen molar-refractivity contribution in [3.8, 4) is 0 Å². The fourth-order valence-electron chi connectivity index (χ4n) is 13.4. The molecule has 0 aromatic heterocycles. The SMILES string of the molecule is CC/C=C\C/C=C\C/C=C\C/C=C\C/C=C\C/C=C\C/C=C\C/C=C\C/C=C\C/C=C\CCCCCCCCCCCCC(=O)NC(COC1OC(CO)C(OC2OC(CO)C(OC3OC(CO)C(O)C(O)C3O)C(O)C2O)C(O)C1O)C(O)/C=C/CC/C=C/CC/C=C/CCCCCCCCCCCCCCCCC. The maximum absolute atomic E-state index is 13.5. The monoisotopic (exact) mass is 1560 g/mol. The summed E-state index contributed by atoms with van der Waals surface area (Å²) >= 11 is 0. The first-order valence-electron chi connectivity index (χ1n) is 43.2. The molecule has 634 valence electrons. The lowest BCUT2D eigenvalue weighted by molar-refractivity contribution is -0.379. The van der Waals surface area contributed by atoms with Gasteiger partial charge in [0.05, 0.1) is 38.6 Å². The van der Waals surface area contributed by atoms with Gasteiger partial charge in [0.15, 0.2) is 18.9 Å². The maximum Gasteiger partial charge on any atom is 0.220 e. The van der Waals surface area contributed by atoms with Crippen LogP contribution in [-0.4, -0.2) is 193 Å². The predicted molar refractivity (Wildman–Crippen MR) is 447 cm³/mol. The molecule has 0 radical (unpaired) electrons. The zero-order chi connectivity index (χ0) is 80.3. The molecule has 3 rings (SSSR count). The minimum Gasteiger partial charge on any atom is -0.394 e. The van der Waals surface area contributed by atoms with E-state index in [1.54, 1.807) is 6.08 Å². The normalized spacial score (nSPS) is 25.9. The van der Waals surface area contributed by atoms with E-state index in [9.17, 15) is 61.0 Å². The highest BCUT2D eigenvalue weighted by Crippen LogP contribution is 2.33. The predicted octanol–water partition coefficient (Wildman–Crippen LogP) is 16.0. The van der Waals surface area contributed by atoms with Gasteiger partial charge in [-0.1, -0.05) is 313 Å². The highest BCUT2D eigenvalue weighted by molar-refractivity contribution is 5.76. The summed E-state index contributed by atoms with van der Waals surface area (Å²) in [6.45, 7) is 1.60. The van der Waals surface area contributed by atoms with Gasteiger partial charge in [-0.05, 0) is 122 Å². The van der Waals surface area contributed by atoms with Gasteiger partial charge in [0.25, 0.3) is 0 Å². The van der Waals surface area contributed by atoms with Crippen LogP contribution in [0.3, 0.4) is 0 Å². The van der Waals surface area contributed by atoms with E-state index in [1.807, 2.05) is 6.08 Å². The zero-order valence-electron chi connectivity index (χ0n) is 68.1. The van der Waals surface area contributed by atoms with Crippen molar-refractivity contribution in [2.75, 3.05) is 26.4 Å². The van der Waals surface area contributed by atoms with Gasteiger partial charge in [-0.25, -0.2) is 0 Å². The van der Waals surface area contributed by atoms with E-state index in [0.29, 0.717) is 12.8 Å². The first kappa shape index (κ1) is 101. The third-order valence-corrected chi connectivity index (χ3v) is 20.3. The first-order valence-corrected chi connectivity index (χ1v) is 43.2. The number of hydrogen-bond acceptors (Lipinski definition) is 18. The van der Waals surface area contributed by atoms with E-state index in [2.05, 4.69) is 165 Å². The Kier molecular flexibility index (Phi) is 63.2. The van der Waals surface area contributed by atoms with E-state index in [0.717, 1.165) is 122 Å². The minimum absolute atomic E-state index is 0.217. The summed E-state index contributed by atoms with van der Waals surface area (Å²) in [5.74, 6) is -0.299. The fourth-order valence-corrected chi connectivity index (χ4v) is 13.4. The number of amides is 1. The molecule has 0 aliphatic carbocycles. The van der Waals surface area contributed by atoms with Crippen molar-refractivity contribution in [3.63, 3.8) is 0 Å². The number of nitrogens with one attached hydrogen (secondary N) is 1. The van der Waals surface area contributed by atoms with Crippen LogP contribution in [0.4, 0.5) is 0 Å². The van der Waals surface area contributed by atoms with Gasteiger partial charge in [-0.3, -0.25) is 4.79 Å². The molecule has 19 heteroatoms. The highest BCUT2D eigenvalue weighted by atomic mass is 16.8. The molecule has 111 heavy (non-hydrogen) atoms. The summed E-state index contributed by atoms with van der Waals surface area (Å²) in [7, 11) is 0. The van der Waals surface area contributed by atoms with Gasteiger partial charge in [-0.15, -0.1) is 0 Å². The summed E-state index contributed by atoms with van der Waals surface area (Å²) in [5.41, 5.74) is 0.